The van der Waals surface area contributed by atoms with E-state index in [0.717, 1.165) is 15.5 Å². The second kappa shape index (κ2) is 6.43. The van der Waals surface area contributed by atoms with Crippen molar-refractivity contribution in [1.29, 1.82) is 0 Å². The third-order valence-electron chi connectivity index (χ3n) is 4.41. The van der Waals surface area contributed by atoms with E-state index in [2.05, 4.69) is 15.6 Å². The zero-order valence-electron chi connectivity index (χ0n) is 12.3. The Labute approximate surface area is 148 Å². The molecule has 2 N–H and O–H groups in total. The Morgan fingerprint density at radius 2 is 2.17 bits per heavy atom. The molecule has 0 aliphatic carbocycles. The van der Waals surface area contributed by atoms with Crippen LogP contribution in [0.4, 0.5) is 0 Å². The van der Waals surface area contributed by atoms with Crippen molar-refractivity contribution in [2.45, 2.75) is 46.5 Å². The van der Waals surface area contributed by atoms with Crippen molar-refractivity contribution in [2.75, 3.05) is 0 Å². The highest BCUT2D eigenvalue weighted by atomic mass is 35.5. The summed E-state index contributed by atoms with van der Waals surface area (Å²) in [7, 11) is 0. The molecule has 1 aromatic heterocycles. The maximum atomic E-state index is 12.4. The maximum Gasteiger partial charge on any atom is 0.251 e. The van der Waals surface area contributed by atoms with Crippen LogP contribution < -0.4 is 10.6 Å². The van der Waals surface area contributed by atoms with Crippen LogP contribution in [-0.2, 0) is 0 Å². The molecule has 2 aliphatic heterocycles. The van der Waals surface area contributed by atoms with Gasteiger partial charge in [0.15, 0.2) is 4.47 Å². The summed E-state index contributed by atoms with van der Waals surface area (Å²) in [5.74, 6) is 0.0155. The van der Waals surface area contributed by atoms with Crippen LogP contribution in [0.2, 0.25) is 4.47 Å². The molecule has 7 heteroatoms. The summed E-state index contributed by atoms with van der Waals surface area (Å²) in [4.78, 5) is 17.5. The van der Waals surface area contributed by atoms with Gasteiger partial charge in [0.2, 0.25) is 0 Å². The third-order valence-corrected chi connectivity index (χ3v) is 6.63. The van der Waals surface area contributed by atoms with E-state index in [1.807, 2.05) is 24.3 Å². The second-order valence-electron chi connectivity index (χ2n) is 5.92. The fourth-order valence-corrected chi connectivity index (χ4v) is 5.43. The molecule has 1 amide bonds. The minimum atomic E-state index is 0.0155. The average molecular weight is 366 g/mol. The summed E-state index contributed by atoms with van der Waals surface area (Å²) in [5, 5.41) is 6.70. The fraction of sp³-hybridized carbons (Fsp3) is 0.375. The zero-order valence-corrected chi connectivity index (χ0v) is 14.7. The van der Waals surface area contributed by atoms with Gasteiger partial charge in [0.05, 0.1) is 10.4 Å². The fourth-order valence-electron chi connectivity index (χ4n) is 3.31. The molecular weight excluding hydrogens is 350 g/mol. The van der Waals surface area contributed by atoms with E-state index in [9.17, 15) is 4.79 Å². The molecule has 0 radical (unpaired) electrons. The van der Waals surface area contributed by atoms with Crippen LogP contribution in [0.5, 0.6) is 0 Å². The molecule has 1 aromatic carbocycles. The number of fused-ring (bicyclic) bond motifs is 2. The first-order chi connectivity index (χ1) is 11.2. The van der Waals surface area contributed by atoms with Crippen LogP contribution in [0.25, 0.3) is 0 Å². The first kappa shape index (κ1) is 15.4. The zero-order chi connectivity index (χ0) is 15.8. The van der Waals surface area contributed by atoms with Crippen LogP contribution >= 0.6 is 34.7 Å². The van der Waals surface area contributed by atoms with Gasteiger partial charge in [0.1, 0.15) is 0 Å². The molecule has 120 valence electrons. The topological polar surface area (TPSA) is 54.0 Å². The van der Waals surface area contributed by atoms with E-state index in [4.69, 9.17) is 11.6 Å². The SMILES string of the molecule is O=C(NC1CC2CCC1N2)c1ccc(Sc2cnc(Cl)s2)cc1. The Kier molecular flexibility index (Phi) is 4.32. The minimum Gasteiger partial charge on any atom is -0.348 e. The van der Waals surface area contributed by atoms with Gasteiger partial charge in [-0.15, -0.1) is 0 Å². The molecule has 0 spiro atoms. The lowest BCUT2D eigenvalue weighted by molar-refractivity contribution is 0.0931. The van der Waals surface area contributed by atoms with Crippen LogP contribution in [0.15, 0.2) is 39.6 Å². The van der Waals surface area contributed by atoms with Crippen LogP contribution in [-0.4, -0.2) is 29.0 Å². The highest BCUT2D eigenvalue weighted by Crippen LogP contribution is 2.34. The molecule has 0 saturated carbocycles. The van der Waals surface area contributed by atoms with Crippen LogP contribution in [0.3, 0.4) is 0 Å². The number of thiazole rings is 1. The lowest BCUT2D eigenvalue weighted by Crippen LogP contribution is -2.42. The molecule has 3 unspecified atom stereocenters. The van der Waals surface area contributed by atoms with Crippen molar-refractivity contribution in [3.8, 4) is 0 Å². The Bertz CT molecular complexity index is 718. The van der Waals surface area contributed by atoms with Gasteiger partial charge in [-0.05, 0) is 43.5 Å². The predicted octanol–water partition coefficient (Wildman–Crippen LogP) is 3.57. The van der Waals surface area contributed by atoms with Gasteiger partial charge in [-0.3, -0.25) is 4.79 Å². The summed E-state index contributed by atoms with van der Waals surface area (Å²) in [5.41, 5.74) is 0.708. The molecule has 2 aromatic rings. The highest BCUT2D eigenvalue weighted by Gasteiger charge is 2.39. The third kappa shape index (κ3) is 3.40. The van der Waals surface area contributed by atoms with Crippen molar-refractivity contribution >= 4 is 40.6 Å². The molecule has 3 heterocycles. The molecule has 4 rings (SSSR count). The summed E-state index contributed by atoms with van der Waals surface area (Å²) >= 11 is 8.89. The smallest absolute Gasteiger partial charge is 0.251 e. The number of aromatic nitrogens is 1. The first-order valence-corrected chi connectivity index (χ1v) is 9.64. The minimum absolute atomic E-state index is 0.0155. The van der Waals surface area contributed by atoms with Gasteiger partial charge in [-0.25, -0.2) is 4.98 Å². The van der Waals surface area contributed by atoms with E-state index in [1.54, 1.807) is 18.0 Å². The standard InChI is InChI=1S/C16H16ClN3OS2/c17-16-18-8-14(23-16)22-11-4-1-9(2-5-11)15(21)20-13-7-10-3-6-12(13)19-10/h1-2,4-5,8,10,12-13,19H,3,6-7H2,(H,20,21). The molecule has 3 atom stereocenters. The van der Waals surface area contributed by atoms with E-state index in [0.29, 0.717) is 22.1 Å². The number of halogens is 1. The molecule has 2 saturated heterocycles. The van der Waals surface area contributed by atoms with Crippen LogP contribution in [0, 0.1) is 0 Å². The quantitative estimate of drug-likeness (QED) is 0.869. The predicted molar refractivity (Wildman–Crippen MR) is 93.5 cm³/mol. The average Bonchev–Trinajstić information content (AvgIpc) is 3.25. The number of rotatable bonds is 4. The van der Waals surface area contributed by atoms with Crippen LogP contribution in [0.1, 0.15) is 29.6 Å². The number of amides is 1. The van der Waals surface area contributed by atoms with Crippen molar-refractivity contribution in [2.24, 2.45) is 0 Å². The Balaban J connectivity index is 1.38. The number of nitrogens with zero attached hydrogens (tertiary/aromatic N) is 1. The molecule has 23 heavy (non-hydrogen) atoms. The highest BCUT2D eigenvalue weighted by molar-refractivity contribution is 8.01. The summed E-state index contributed by atoms with van der Waals surface area (Å²) in [6, 6.07) is 9.00. The van der Waals surface area contributed by atoms with Crippen molar-refractivity contribution in [3.05, 3.63) is 40.5 Å². The number of hydrogen-bond acceptors (Lipinski definition) is 5. The van der Waals surface area contributed by atoms with E-state index >= 15 is 0 Å². The molecule has 4 nitrogen and oxygen atoms in total. The molecule has 2 fully saturated rings. The molecule has 2 bridgehead atoms. The summed E-state index contributed by atoms with van der Waals surface area (Å²) in [6.07, 6.45) is 5.23. The molecular formula is C16H16ClN3OS2. The number of nitrogens with one attached hydrogen (secondary N) is 2. The first-order valence-electron chi connectivity index (χ1n) is 7.63. The van der Waals surface area contributed by atoms with Gasteiger partial charge in [0.25, 0.3) is 5.91 Å². The lowest BCUT2D eigenvalue weighted by atomic mass is 9.95. The number of carbonyl (C=O) groups is 1. The van der Waals surface area contributed by atoms with E-state index in [1.165, 1.54) is 24.2 Å². The largest absolute Gasteiger partial charge is 0.348 e. The van der Waals surface area contributed by atoms with Crippen molar-refractivity contribution < 1.29 is 4.79 Å². The Hall–Kier alpha value is -1.08. The Morgan fingerprint density at radius 1 is 1.35 bits per heavy atom. The van der Waals surface area contributed by atoms with E-state index in [-0.39, 0.29) is 11.9 Å². The number of hydrogen-bond donors (Lipinski definition) is 2. The number of carbonyl (C=O) groups excluding carboxylic acids is 1. The Morgan fingerprint density at radius 3 is 2.78 bits per heavy atom. The van der Waals surface area contributed by atoms with Gasteiger partial charge >= 0.3 is 0 Å². The maximum absolute atomic E-state index is 12.4. The van der Waals surface area contributed by atoms with Crippen molar-refractivity contribution in [3.63, 3.8) is 0 Å². The second-order valence-corrected chi connectivity index (χ2v) is 8.91. The van der Waals surface area contributed by atoms with Gasteiger partial charge in [0, 0.05) is 28.6 Å². The normalized spacial score (nSPS) is 25.7. The number of benzene rings is 1. The van der Waals surface area contributed by atoms with E-state index < -0.39 is 0 Å². The molecule has 2 aliphatic rings. The summed E-state index contributed by atoms with van der Waals surface area (Å²) in [6.45, 7) is 0. The van der Waals surface area contributed by atoms with Gasteiger partial charge in [-0.1, -0.05) is 34.7 Å². The van der Waals surface area contributed by atoms with Gasteiger partial charge < -0.3 is 10.6 Å². The lowest BCUT2D eigenvalue weighted by Gasteiger charge is -2.21. The van der Waals surface area contributed by atoms with Gasteiger partial charge in [-0.2, -0.15) is 0 Å². The monoisotopic (exact) mass is 365 g/mol. The summed E-state index contributed by atoms with van der Waals surface area (Å²) < 4.78 is 1.59. The van der Waals surface area contributed by atoms with Crippen molar-refractivity contribution in [1.82, 2.24) is 15.6 Å².